The molecule has 11 heteroatoms. The molecule has 0 aliphatic heterocycles. The molecule has 0 fully saturated rings. The largest absolute Gasteiger partial charge is 0.450 e. The van der Waals surface area contributed by atoms with Gasteiger partial charge in [0.25, 0.3) is 21.8 Å². The highest BCUT2D eigenvalue weighted by atomic mass is 32.2. The van der Waals surface area contributed by atoms with Crippen molar-refractivity contribution in [2.24, 2.45) is 0 Å². The number of hydrogen-bond acceptors (Lipinski definition) is 7. The van der Waals surface area contributed by atoms with E-state index in [4.69, 9.17) is 4.74 Å². The summed E-state index contributed by atoms with van der Waals surface area (Å²) in [4.78, 5) is 39.2. The summed E-state index contributed by atoms with van der Waals surface area (Å²) >= 11 is 1.32. The molecule has 9 nitrogen and oxygen atoms in total. The molecule has 0 atom stereocenters. The van der Waals surface area contributed by atoms with Crippen molar-refractivity contribution in [2.45, 2.75) is 43.9 Å². The second-order valence-corrected chi connectivity index (χ2v) is 11.2. The number of carbonyl (C=O) groups is 3. The van der Waals surface area contributed by atoms with E-state index < -0.39 is 27.9 Å². The average Bonchev–Trinajstić information content (AvgIpc) is 3.04. The Balaban J connectivity index is 1.58. The summed E-state index contributed by atoms with van der Waals surface area (Å²) in [6.07, 6.45) is 3.52. The molecule has 3 amide bonds. The van der Waals surface area contributed by atoms with Crippen molar-refractivity contribution in [3.8, 4) is 0 Å². The maximum atomic E-state index is 13.2. The maximum Gasteiger partial charge on any atom is 0.414 e. The first-order valence-electron chi connectivity index (χ1n) is 11.9. The SMILES string of the molecule is CCOC(=O)NC(=O)c1c(NC(=O)c2cccc(NS(=O)(=O)c3ccccc3)c2)sc2c1CCCCC2. The van der Waals surface area contributed by atoms with Crippen LogP contribution in [0.4, 0.5) is 15.5 Å². The van der Waals surface area contributed by atoms with Crippen LogP contribution < -0.4 is 15.4 Å². The minimum Gasteiger partial charge on any atom is -0.450 e. The Labute approximate surface area is 219 Å². The van der Waals surface area contributed by atoms with Crippen molar-refractivity contribution in [3.05, 3.63) is 76.2 Å². The first-order chi connectivity index (χ1) is 17.8. The quantitative estimate of drug-likeness (QED) is 0.363. The zero-order valence-corrected chi connectivity index (χ0v) is 21.8. The van der Waals surface area contributed by atoms with Gasteiger partial charge in [0.2, 0.25) is 0 Å². The molecular weight excluding hydrogens is 514 g/mol. The van der Waals surface area contributed by atoms with E-state index in [-0.39, 0.29) is 28.3 Å². The van der Waals surface area contributed by atoms with Crippen LogP contribution >= 0.6 is 11.3 Å². The molecule has 1 aliphatic rings. The predicted molar refractivity (Wildman–Crippen MR) is 142 cm³/mol. The molecule has 1 aromatic heterocycles. The number of amides is 3. The molecule has 0 unspecified atom stereocenters. The summed E-state index contributed by atoms with van der Waals surface area (Å²) in [6, 6.07) is 14.0. The first-order valence-corrected chi connectivity index (χ1v) is 14.2. The van der Waals surface area contributed by atoms with E-state index in [1.54, 1.807) is 43.3 Å². The molecule has 0 saturated carbocycles. The highest BCUT2D eigenvalue weighted by Crippen LogP contribution is 2.38. The number of alkyl carbamates (subject to hydrolysis) is 1. The third kappa shape index (κ3) is 6.36. The van der Waals surface area contributed by atoms with Gasteiger partial charge in [0.1, 0.15) is 5.00 Å². The van der Waals surface area contributed by atoms with E-state index in [0.717, 1.165) is 36.1 Å². The van der Waals surface area contributed by atoms with Gasteiger partial charge in [-0.15, -0.1) is 11.3 Å². The molecular formula is C26H27N3O6S2. The zero-order valence-electron chi connectivity index (χ0n) is 20.2. The van der Waals surface area contributed by atoms with Crippen LogP contribution in [0.5, 0.6) is 0 Å². The molecule has 3 aromatic rings. The first kappa shape index (κ1) is 26.4. The van der Waals surface area contributed by atoms with Crippen molar-refractivity contribution in [3.63, 3.8) is 0 Å². The summed E-state index contributed by atoms with van der Waals surface area (Å²) in [5.41, 5.74) is 1.53. The number of benzene rings is 2. The Bertz CT molecular complexity index is 1420. The minimum absolute atomic E-state index is 0.0993. The van der Waals surface area contributed by atoms with Crippen LogP contribution in [0.25, 0.3) is 0 Å². The average molecular weight is 542 g/mol. The van der Waals surface area contributed by atoms with Crippen LogP contribution in [0, 0.1) is 0 Å². The molecule has 4 rings (SSSR count). The normalized spacial score (nSPS) is 13.1. The molecule has 37 heavy (non-hydrogen) atoms. The van der Waals surface area contributed by atoms with Crippen molar-refractivity contribution >= 4 is 50.0 Å². The number of ether oxygens (including phenoxy) is 1. The highest BCUT2D eigenvalue weighted by Gasteiger charge is 2.27. The summed E-state index contributed by atoms with van der Waals surface area (Å²) in [6.45, 7) is 1.76. The van der Waals surface area contributed by atoms with Crippen LogP contribution in [-0.2, 0) is 27.6 Å². The minimum atomic E-state index is -3.83. The number of thiophene rings is 1. The fourth-order valence-electron chi connectivity index (χ4n) is 4.11. The van der Waals surface area contributed by atoms with E-state index in [2.05, 4.69) is 15.4 Å². The Morgan fingerprint density at radius 2 is 1.70 bits per heavy atom. The number of carbonyl (C=O) groups excluding carboxylic acids is 3. The van der Waals surface area contributed by atoms with Crippen molar-refractivity contribution in [1.82, 2.24) is 5.32 Å². The van der Waals surface area contributed by atoms with Gasteiger partial charge in [0.05, 0.1) is 17.1 Å². The highest BCUT2D eigenvalue weighted by molar-refractivity contribution is 7.92. The lowest BCUT2D eigenvalue weighted by Crippen LogP contribution is -2.32. The number of hydrogen-bond donors (Lipinski definition) is 3. The van der Waals surface area contributed by atoms with Crippen LogP contribution in [0.2, 0.25) is 0 Å². The second kappa shape index (κ2) is 11.6. The van der Waals surface area contributed by atoms with Crippen LogP contribution in [0.15, 0.2) is 59.5 Å². The molecule has 0 spiro atoms. The number of imide groups is 1. The topological polar surface area (TPSA) is 131 Å². The summed E-state index contributed by atoms with van der Waals surface area (Å²) in [5.74, 6) is -1.14. The summed E-state index contributed by atoms with van der Waals surface area (Å²) in [5, 5.41) is 5.38. The molecule has 3 N–H and O–H groups in total. The lowest BCUT2D eigenvalue weighted by molar-refractivity contribution is 0.0925. The second-order valence-electron chi connectivity index (χ2n) is 8.40. The van der Waals surface area contributed by atoms with Gasteiger partial charge in [-0.2, -0.15) is 0 Å². The monoisotopic (exact) mass is 541 g/mol. The smallest absolute Gasteiger partial charge is 0.414 e. The van der Waals surface area contributed by atoms with Gasteiger partial charge < -0.3 is 10.1 Å². The zero-order chi connectivity index (χ0) is 26.4. The lowest BCUT2D eigenvalue weighted by Gasteiger charge is -2.11. The van der Waals surface area contributed by atoms with Gasteiger partial charge in [-0.1, -0.05) is 30.7 Å². The standard InChI is InChI=1S/C26H27N3O6S2/c1-2-35-26(32)28-24(31)22-20-14-7-4-8-15-21(20)36-25(22)27-23(30)17-10-9-11-18(16-17)29-37(33,34)19-12-5-3-6-13-19/h3,5-6,9-13,16,29H,2,4,7-8,14-15H2,1H3,(H,27,30)(H,28,31,32). The number of nitrogens with one attached hydrogen (secondary N) is 3. The Hall–Kier alpha value is -3.70. The third-order valence-electron chi connectivity index (χ3n) is 5.80. The van der Waals surface area contributed by atoms with E-state index in [9.17, 15) is 22.8 Å². The van der Waals surface area contributed by atoms with E-state index in [1.165, 1.54) is 29.5 Å². The number of aryl methyl sites for hydroxylation is 1. The maximum absolute atomic E-state index is 13.2. The molecule has 1 heterocycles. The van der Waals surface area contributed by atoms with Crippen molar-refractivity contribution in [1.29, 1.82) is 0 Å². The number of anilines is 2. The number of sulfonamides is 1. The van der Waals surface area contributed by atoms with Gasteiger partial charge in [-0.25, -0.2) is 13.2 Å². The molecule has 0 saturated heterocycles. The molecule has 2 aromatic carbocycles. The predicted octanol–water partition coefficient (Wildman–Crippen LogP) is 4.96. The number of fused-ring (bicyclic) bond motifs is 1. The Morgan fingerprint density at radius 3 is 2.46 bits per heavy atom. The molecule has 194 valence electrons. The summed E-state index contributed by atoms with van der Waals surface area (Å²) in [7, 11) is -3.83. The van der Waals surface area contributed by atoms with Gasteiger partial charge in [0, 0.05) is 16.1 Å². The summed E-state index contributed by atoms with van der Waals surface area (Å²) < 4.78 is 32.7. The molecule has 1 aliphatic carbocycles. The van der Waals surface area contributed by atoms with E-state index in [0.29, 0.717) is 11.4 Å². The van der Waals surface area contributed by atoms with Crippen LogP contribution in [0.3, 0.4) is 0 Å². The van der Waals surface area contributed by atoms with Gasteiger partial charge >= 0.3 is 6.09 Å². The van der Waals surface area contributed by atoms with Crippen LogP contribution in [-0.4, -0.2) is 32.9 Å². The van der Waals surface area contributed by atoms with Gasteiger partial charge in [-0.3, -0.25) is 19.6 Å². The van der Waals surface area contributed by atoms with Crippen LogP contribution in [0.1, 0.15) is 57.3 Å². The third-order valence-corrected chi connectivity index (χ3v) is 8.40. The van der Waals surface area contributed by atoms with Gasteiger partial charge in [-0.05, 0) is 68.5 Å². The number of rotatable bonds is 7. The Kier molecular flexibility index (Phi) is 8.24. The molecule has 0 radical (unpaired) electrons. The Morgan fingerprint density at radius 1 is 0.946 bits per heavy atom. The van der Waals surface area contributed by atoms with Crippen molar-refractivity contribution < 1.29 is 27.5 Å². The lowest BCUT2D eigenvalue weighted by atomic mass is 10.0. The van der Waals surface area contributed by atoms with Crippen molar-refractivity contribution in [2.75, 3.05) is 16.6 Å². The fraction of sp³-hybridized carbons (Fsp3) is 0.269. The fourth-order valence-corrected chi connectivity index (χ4v) is 6.46. The van der Waals surface area contributed by atoms with E-state index in [1.807, 2.05) is 0 Å². The van der Waals surface area contributed by atoms with Gasteiger partial charge in [0.15, 0.2) is 0 Å². The van der Waals surface area contributed by atoms with E-state index >= 15 is 0 Å². The molecule has 0 bridgehead atoms.